The lowest BCUT2D eigenvalue weighted by atomic mass is 9.98. The van der Waals surface area contributed by atoms with Crippen molar-refractivity contribution >= 4 is 5.91 Å². The van der Waals surface area contributed by atoms with Crippen LogP contribution in [0.4, 0.5) is 0 Å². The molecule has 11 nitrogen and oxygen atoms in total. The van der Waals surface area contributed by atoms with Crippen molar-refractivity contribution in [3.63, 3.8) is 0 Å². The molecule has 0 spiro atoms. The molecule has 1 rings (SSSR count). The Bertz CT molecular complexity index is 1310. The monoisotopic (exact) mass is 1020 g/mol. The summed E-state index contributed by atoms with van der Waals surface area (Å²) in [6.07, 6.45) is 51.7. The molecule has 0 aromatic rings. The molecule has 1 amide bonds. The lowest BCUT2D eigenvalue weighted by Crippen LogP contribution is -2.60. The number of amides is 1. The van der Waals surface area contributed by atoms with Crippen LogP contribution in [0.2, 0.25) is 0 Å². The van der Waals surface area contributed by atoms with Crippen LogP contribution in [-0.4, -0.2) is 110 Å². The van der Waals surface area contributed by atoms with E-state index in [9.17, 15) is 40.5 Å². The lowest BCUT2D eigenvalue weighted by Gasteiger charge is -2.40. The SMILES string of the molecule is CCCCCCCCCC/C=C\CCCCCCCCC(O)C(=O)NC(COC1OC(CO)C(O)C(O)C1O)C(O)C(O)CCC/C=C/CC/C=C/CC/C=C/CCCCCCCCCCCCCCCC. The summed E-state index contributed by atoms with van der Waals surface area (Å²) < 4.78 is 11.1. The molecule has 72 heavy (non-hydrogen) atoms. The number of hydrogen-bond acceptors (Lipinski definition) is 10. The minimum atomic E-state index is -1.68. The van der Waals surface area contributed by atoms with Crippen molar-refractivity contribution in [2.45, 2.75) is 319 Å². The quantitative estimate of drug-likeness (QED) is 0.0215. The molecule has 8 N–H and O–H groups in total. The predicted octanol–water partition coefficient (Wildman–Crippen LogP) is 12.8. The minimum absolute atomic E-state index is 0.239. The Morgan fingerprint density at radius 2 is 0.833 bits per heavy atom. The summed E-state index contributed by atoms with van der Waals surface area (Å²) in [5.41, 5.74) is 0. The van der Waals surface area contributed by atoms with Crippen molar-refractivity contribution in [3.8, 4) is 0 Å². The van der Waals surface area contributed by atoms with E-state index in [1.807, 2.05) is 0 Å². The molecule has 0 aliphatic carbocycles. The van der Waals surface area contributed by atoms with Crippen LogP contribution in [0.1, 0.15) is 264 Å². The maximum atomic E-state index is 13.2. The van der Waals surface area contributed by atoms with Crippen LogP contribution in [0.25, 0.3) is 0 Å². The van der Waals surface area contributed by atoms with Gasteiger partial charge in [-0.15, -0.1) is 0 Å². The van der Waals surface area contributed by atoms with E-state index in [-0.39, 0.29) is 12.8 Å². The van der Waals surface area contributed by atoms with Crippen LogP contribution >= 0.6 is 0 Å². The maximum Gasteiger partial charge on any atom is 0.249 e. The highest BCUT2D eigenvalue weighted by Gasteiger charge is 2.44. The Labute approximate surface area is 440 Å². The smallest absolute Gasteiger partial charge is 0.249 e. The van der Waals surface area contributed by atoms with Gasteiger partial charge in [0.15, 0.2) is 6.29 Å². The number of allylic oxidation sites excluding steroid dienone is 8. The van der Waals surface area contributed by atoms with Crippen LogP contribution in [0, 0.1) is 0 Å². The Morgan fingerprint density at radius 1 is 0.472 bits per heavy atom. The van der Waals surface area contributed by atoms with Crippen molar-refractivity contribution in [2.24, 2.45) is 0 Å². The van der Waals surface area contributed by atoms with E-state index in [0.29, 0.717) is 19.3 Å². The van der Waals surface area contributed by atoms with Crippen LogP contribution in [0.3, 0.4) is 0 Å². The van der Waals surface area contributed by atoms with E-state index in [4.69, 9.17) is 9.47 Å². The molecule has 1 aliphatic rings. The summed E-state index contributed by atoms with van der Waals surface area (Å²) in [4.78, 5) is 13.2. The zero-order valence-corrected chi connectivity index (χ0v) is 46.2. The third-order valence-corrected chi connectivity index (χ3v) is 14.3. The highest BCUT2D eigenvalue weighted by atomic mass is 16.7. The first-order valence-corrected chi connectivity index (χ1v) is 30.0. The Morgan fingerprint density at radius 3 is 1.24 bits per heavy atom. The third kappa shape index (κ3) is 37.7. The number of hydrogen-bond donors (Lipinski definition) is 8. The Kier molecular flexibility index (Phi) is 47.2. The summed E-state index contributed by atoms with van der Waals surface area (Å²) in [6, 6.07) is -1.20. The molecule has 0 radical (unpaired) electrons. The molecule has 9 atom stereocenters. The second-order valence-electron chi connectivity index (χ2n) is 21.0. The van der Waals surface area contributed by atoms with Crippen molar-refractivity contribution < 1.29 is 50.0 Å². The molecule has 1 heterocycles. The van der Waals surface area contributed by atoms with Crippen LogP contribution in [0.5, 0.6) is 0 Å². The summed E-state index contributed by atoms with van der Waals surface area (Å²) in [6.45, 7) is 3.45. The number of carbonyl (C=O) groups excluding carboxylic acids is 1. The van der Waals surface area contributed by atoms with Crippen molar-refractivity contribution in [3.05, 3.63) is 48.6 Å². The lowest BCUT2D eigenvalue weighted by molar-refractivity contribution is -0.303. The third-order valence-electron chi connectivity index (χ3n) is 14.3. The molecule has 9 unspecified atom stereocenters. The largest absolute Gasteiger partial charge is 0.394 e. The fourth-order valence-electron chi connectivity index (χ4n) is 9.41. The van der Waals surface area contributed by atoms with Crippen LogP contribution < -0.4 is 5.32 Å². The van der Waals surface area contributed by atoms with Gasteiger partial charge in [0.1, 0.15) is 36.6 Å². The zero-order valence-electron chi connectivity index (χ0n) is 46.2. The number of nitrogens with one attached hydrogen (secondary N) is 1. The van der Waals surface area contributed by atoms with Gasteiger partial charge in [0.2, 0.25) is 5.91 Å². The first kappa shape index (κ1) is 68.1. The van der Waals surface area contributed by atoms with E-state index < -0.39 is 74.2 Å². The Balaban J connectivity index is 2.34. The van der Waals surface area contributed by atoms with E-state index in [1.54, 1.807) is 0 Å². The number of aliphatic hydroxyl groups is 7. The van der Waals surface area contributed by atoms with Gasteiger partial charge in [-0.05, 0) is 89.9 Å². The summed E-state index contributed by atoms with van der Waals surface area (Å²) >= 11 is 0. The van der Waals surface area contributed by atoms with E-state index in [0.717, 1.165) is 64.2 Å². The standard InChI is InChI=1S/C61H113NO10/c1-3-5-7-9-11-13-15-17-19-21-23-24-25-26-27-28-29-30-31-33-34-36-38-40-42-44-46-48-53(64)56(66)52(51-71-61-59(69)58(68)57(67)55(50-63)72-61)62-60(70)54(65)49-47-45-43-41-39-37-35-32-22-20-18-16-14-12-10-8-6-4-2/h22,28-29,32-34,40,42,52-59,61,63-69H,3-21,23-27,30-31,35-39,41,43-51H2,1-2H3,(H,62,70)/b29-28+,32-22-,34-33+,42-40+. The number of ether oxygens (including phenoxy) is 2. The number of rotatable bonds is 51. The molecule has 11 heteroatoms. The van der Waals surface area contributed by atoms with Gasteiger partial charge < -0.3 is 50.5 Å². The topological polar surface area (TPSA) is 189 Å². The molecule has 0 saturated carbocycles. The highest BCUT2D eigenvalue weighted by Crippen LogP contribution is 2.23. The van der Waals surface area contributed by atoms with Gasteiger partial charge in [-0.3, -0.25) is 4.79 Å². The Hall–Kier alpha value is -1.93. The number of carbonyl (C=O) groups is 1. The average Bonchev–Trinajstić information content (AvgIpc) is 3.38. The van der Waals surface area contributed by atoms with E-state index in [2.05, 4.69) is 67.8 Å². The molecular formula is C61H113NO10. The molecule has 0 aromatic carbocycles. The molecule has 0 bridgehead atoms. The number of unbranched alkanes of at least 4 members (excludes halogenated alkanes) is 31. The van der Waals surface area contributed by atoms with Crippen LogP contribution in [0.15, 0.2) is 48.6 Å². The van der Waals surface area contributed by atoms with E-state index in [1.165, 1.54) is 154 Å². The fraction of sp³-hybridized carbons (Fsp3) is 0.852. The first-order valence-electron chi connectivity index (χ1n) is 30.0. The van der Waals surface area contributed by atoms with Gasteiger partial charge in [-0.25, -0.2) is 0 Å². The van der Waals surface area contributed by atoms with Crippen LogP contribution in [-0.2, 0) is 14.3 Å². The molecule has 1 saturated heterocycles. The summed E-state index contributed by atoms with van der Waals surface area (Å²) in [5.74, 6) is -0.716. The second kappa shape index (κ2) is 49.9. The van der Waals surface area contributed by atoms with Crippen molar-refractivity contribution in [1.82, 2.24) is 5.32 Å². The minimum Gasteiger partial charge on any atom is -0.394 e. The van der Waals surface area contributed by atoms with Gasteiger partial charge in [-0.1, -0.05) is 223 Å². The van der Waals surface area contributed by atoms with Gasteiger partial charge >= 0.3 is 0 Å². The number of aliphatic hydroxyl groups excluding tert-OH is 7. The summed E-state index contributed by atoms with van der Waals surface area (Å²) in [7, 11) is 0. The average molecular weight is 1020 g/mol. The van der Waals surface area contributed by atoms with E-state index >= 15 is 0 Å². The highest BCUT2D eigenvalue weighted by molar-refractivity contribution is 5.80. The predicted molar refractivity (Wildman–Crippen MR) is 298 cm³/mol. The molecule has 0 aromatic heterocycles. The maximum absolute atomic E-state index is 13.2. The van der Waals surface area contributed by atoms with Crippen molar-refractivity contribution in [1.29, 1.82) is 0 Å². The van der Waals surface area contributed by atoms with Gasteiger partial charge in [0, 0.05) is 0 Å². The van der Waals surface area contributed by atoms with Gasteiger partial charge in [0.25, 0.3) is 0 Å². The molecule has 1 fully saturated rings. The van der Waals surface area contributed by atoms with Crippen molar-refractivity contribution in [2.75, 3.05) is 13.2 Å². The van der Waals surface area contributed by atoms with Gasteiger partial charge in [-0.2, -0.15) is 0 Å². The first-order chi connectivity index (χ1) is 35.2. The molecule has 422 valence electrons. The molecular weight excluding hydrogens is 907 g/mol. The summed E-state index contributed by atoms with van der Waals surface area (Å²) in [5, 5.41) is 76.1. The second-order valence-corrected chi connectivity index (χ2v) is 21.0. The molecule has 1 aliphatic heterocycles. The van der Waals surface area contributed by atoms with Gasteiger partial charge in [0.05, 0.1) is 25.4 Å². The zero-order chi connectivity index (χ0) is 52.5. The fourth-order valence-corrected chi connectivity index (χ4v) is 9.41. The normalized spacial score (nSPS) is 20.4.